The summed E-state index contributed by atoms with van der Waals surface area (Å²) < 4.78 is 5.85. The largest absolute Gasteiger partial charge is 0.473 e. The van der Waals surface area contributed by atoms with Gasteiger partial charge in [-0.05, 0) is 50.4 Å². The third-order valence-corrected chi connectivity index (χ3v) is 5.46. The number of nitrogens with one attached hydrogen (secondary N) is 1. The van der Waals surface area contributed by atoms with Crippen molar-refractivity contribution in [1.29, 1.82) is 0 Å². The maximum Gasteiger partial charge on any atom is 0.232 e. The van der Waals surface area contributed by atoms with Crippen LogP contribution in [0.2, 0.25) is 0 Å². The van der Waals surface area contributed by atoms with E-state index in [9.17, 15) is 4.79 Å². The third-order valence-electron chi connectivity index (χ3n) is 5.46. The number of allylic oxidation sites excluding steroid dienone is 2. The van der Waals surface area contributed by atoms with Crippen LogP contribution in [0.1, 0.15) is 38.5 Å². The summed E-state index contributed by atoms with van der Waals surface area (Å²) in [4.78, 5) is 20.7. The molecule has 0 spiro atoms. The molecule has 5 nitrogen and oxygen atoms in total. The summed E-state index contributed by atoms with van der Waals surface area (Å²) in [7, 11) is 0. The molecule has 122 valence electrons. The van der Waals surface area contributed by atoms with Gasteiger partial charge in [-0.15, -0.1) is 0 Å². The monoisotopic (exact) mass is 313 g/mol. The zero-order chi connectivity index (χ0) is 15.6. The number of aromatic nitrogens is 2. The number of hydrogen-bond donors (Lipinski definition) is 1. The highest BCUT2D eigenvalue weighted by molar-refractivity contribution is 5.80. The lowest BCUT2D eigenvalue weighted by Crippen LogP contribution is -2.43. The first-order valence-electron chi connectivity index (χ1n) is 8.69. The Morgan fingerprint density at radius 3 is 2.65 bits per heavy atom. The maximum absolute atomic E-state index is 12.5. The number of fused-ring (bicyclic) bond motifs is 2. The molecule has 2 bridgehead atoms. The van der Waals surface area contributed by atoms with Crippen LogP contribution < -0.4 is 10.1 Å². The van der Waals surface area contributed by atoms with Crippen molar-refractivity contribution in [2.75, 3.05) is 0 Å². The number of carbonyl (C=O) groups is 1. The lowest BCUT2D eigenvalue weighted by Gasteiger charge is -2.30. The van der Waals surface area contributed by atoms with Crippen LogP contribution in [-0.2, 0) is 4.79 Å². The van der Waals surface area contributed by atoms with E-state index in [1.54, 1.807) is 18.6 Å². The van der Waals surface area contributed by atoms with Gasteiger partial charge in [0.05, 0.1) is 6.20 Å². The van der Waals surface area contributed by atoms with E-state index in [-0.39, 0.29) is 17.9 Å². The number of hydrogen-bond acceptors (Lipinski definition) is 4. The predicted octanol–water partition coefficient (Wildman–Crippen LogP) is 2.50. The first-order valence-corrected chi connectivity index (χ1v) is 8.69. The summed E-state index contributed by atoms with van der Waals surface area (Å²) in [5, 5.41) is 3.27. The van der Waals surface area contributed by atoms with E-state index in [0.29, 0.717) is 23.8 Å². The Kier molecular flexibility index (Phi) is 4.02. The number of ether oxygens (including phenoxy) is 1. The lowest BCUT2D eigenvalue weighted by molar-refractivity contribution is -0.126. The predicted molar refractivity (Wildman–Crippen MR) is 85.7 cm³/mol. The molecule has 2 saturated carbocycles. The number of nitrogens with zero attached hydrogens (tertiary/aromatic N) is 2. The van der Waals surface area contributed by atoms with E-state index in [1.165, 1.54) is 6.42 Å². The van der Waals surface area contributed by atoms with Crippen LogP contribution in [0.3, 0.4) is 0 Å². The molecule has 23 heavy (non-hydrogen) atoms. The maximum atomic E-state index is 12.5. The van der Waals surface area contributed by atoms with Gasteiger partial charge in [-0.2, -0.15) is 0 Å². The molecule has 1 aromatic heterocycles. The van der Waals surface area contributed by atoms with Crippen LogP contribution >= 0.6 is 0 Å². The van der Waals surface area contributed by atoms with Crippen LogP contribution in [-0.4, -0.2) is 28.0 Å². The van der Waals surface area contributed by atoms with Crippen LogP contribution in [0.4, 0.5) is 0 Å². The van der Waals surface area contributed by atoms with E-state index >= 15 is 0 Å². The van der Waals surface area contributed by atoms with Crippen molar-refractivity contribution in [3.05, 3.63) is 30.7 Å². The van der Waals surface area contributed by atoms with Gasteiger partial charge in [0.25, 0.3) is 0 Å². The summed E-state index contributed by atoms with van der Waals surface area (Å²) in [5.74, 6) is 2.19. The topological polar surface area (TPSA) is 64.1 Å². The summed E-state index contributed by atoms with van der Waals surface area (Å²) in [6, 6.07) is 0.298. The van der Waals surface area contributed by atoms with Gasteiger partial charge in [-0.1, -0.05) is 12.2 Å². The van der Waals surface area contributed by atoms with Crippen molar-refractivity contribution in [2.24, 2.45) is 17.8 Å². The highest BCUT2D eigenvalue weighted by atomic mass is 16.5. The zero-order valence-electron chi connectivity index (χ0n) is 13.2. The van der Waals surface area contributed by atoms with Gasteiger partial charge in [0.2, 0.25) is 11.8 Å². The first kappa shape index (κ1) is 14.7. The van der Waals surface area contributed by atoms with E-state index in [4.69, 9.17) is 4.74 Å². The minimum absolute atomic E-state index is 0.185. The van der Waals surface area contributed by atoms with Crippen molar-refractivity contribution in [3.63, 3.8) is 0 Å². The van der Waals surface area contributed by atoms with Crippen molar-refractivity contribution in [1.82, 2.24) is 15.3 Å². The van der Waals surface area contributed by atoms with Crippen LogP contribution in [0, 0.1) is 17.8 Å². The summed E-state index contributed by atoms with van der Waals surface area (Å²) in [5.41, 5.74) is 0. The molecular formula is C18H23N3O2. The quantitative estimate of drug-likeness (QED) is 0.868. The van der Waals surface area contributed by atoms with Gasteiger partial charge in [-0.3, -0.25) is 9.78 Å². The second-order valence-electron chi connectivity index (χ2n) is 7.03. The lowest BCUT2D eigenvalue weighted by atomic mass is 9.90. The molecule has 0 aromatic carbocycles. The van der Waals surface area contributed by atoms with E-state index in [0.717, 1.165) is 32.1 Å². The molecule has 5 heteroatoms. The Balaban J connectivity index is 1.24. The molecule has 3 unspecified atom stereocenters. The van der Waals surface area contributed by atoms with Crippen LogP contribution in [0.25, 0.3) is 0 Å². The zero-order valence-corrected chi connectivity index (χ0v) is 13.2. The second-order valence-corrected chi connectivity index (χ2v) is 7.03. The molecule has 1 N–H and O–H groups in total. The third kappa shape index (κ3) is 3.23. The molecule has 4 rings (SSSR count). The van der Waals surface area contributed by atoms with Gasteiger partial charge in [0, 0.05) is 24.4 Å². The molecule has 0 radical (unpaired) electrons. The van der Waals surface area contributed by atoms with Gasteiger partial charge in [0.1, 0.15) is 6.10 Å². The number of amides is 1. The highest BCUT2D eigenvalue weighted by Crippen LogP contribution is 2.43. The van der Waals surface area contributed by atoms with Gasteiger partial charge < -0.3 is 10.1 Å². The average molecular weight is 313 g/mol. The summed E-state index contributed by atoms with van der Waals surface area (Å²) in [6.07, 6.45) is 15.7. The van der Waals surface area contributed by atoms with Gasteiger partial charge in [0.15, 0.2) is 0 Å². The Morgan fingerprint density at radius 1 is 1.13 bits per heavy atom. The molecule has 0 aliphatic heterocycles. The van der Waals surface area contributed by atoms with E-state index < -0.39 is 0 Å². The Hall–Kier alpha value is -1.91. The fraction of sp³-hybridized carbons (Fsp3) is 0.611. The molecule has 1 aromatic rings. The standard InChI is InChI=1S/C18H23N3O2/c22-18(16-10-12-1-2-13(16)9-12)21-14-3-5-15(6-4-14)23-17-11-19-7-8-20-17/h1-2,7-8,11-16H,3-6,9-10H2,(H,21,22). The van der Waals surface area contributed by atoms with E-state index in [2.05, 4.69) is 27.4 Å². The Labute approximate surface area is 136 Å². The van der Waals surface area contributed by atoms with Crippen LogP contribution in [0.5, 0.6) is 5.88 Å². The summed E-state index contributed by atoms with van der Waals surface area (Å²) >= 11 is 0. The van der Waals surface area contributed by atoms with Crippen molar-refractivity contribution in [3.8, 4) is 5.88 Å². The fourth-order valence-corrected chi connectivity index (χ4v) is 4.23. The van der Waals surface area contributed by atoms with Crippen molar-refractivity contribution in [2.45, 2.75) is 50.7 Å². The number of rotatable bonds is 4. The molecule has 1 amide bonds. The van der Waals surface area contributed by atoms with Gasteiger partial charge in [-0.25, -0.2) is 4.98 Å². The minimum Gasteiger partial charge on any atom is -0.473 e. The Morgan fingerprint density at radius 2 is 2.00 bits per heavy atom. The molecule has 3 atom stereocenters. The molecule has 3 aliphatic carbocycles. The normalized spacial score (nSPS) is 35.2. The average Bonchev–Trinajstić information content (AvgIpc) is 3.21. The first-order chi connectivity index (χ1) is 11.3. The minimum atomic E-state index is 0.185. The van der Waals surface area contributed by atoms with E-state index in [1.807, 2.05) is 0 Å². The van der Waals surface area contributed by atoms with Gasteiger partial charge >= 0.3 is 0 Å². The van der Waals surface area contributed by atoms with Crippen molar-refractivity contribution >= 4 is 5.91 Å². The summed E-state index contributed by atoms with van der Waals surface area (Å²) in [6.45, 7) is 0. The molecule has 3 aliphatic rings. The highest BCUT2D eigenvalue weighted by Gasteiger charge is 2.40. The number of carbonyl (C=O) groups excluding carboxylic acids is 1. The SMILES string of the molecule is O=C(NC1CCC(Oc2cnccn2)CC1)C1CC2C=CC1C2. The van der Waals surface area contributed by atoms with Crippen LogP contribution in [0.15, 0.2) is 30.7 Å². The Bertz CT molecular complexity index is 581. The fourth-order valence-electron chi connectivity index (χ4n) is 4.23. The molecule has 1 heterocycles. The smallest absolute Gasteiger partial charge is 0.232 e. The molecule has 2 fully saturated rings. The second kappa shape index (κ2) is 6.30. The molecule has 0 saturated heterocycles. The van der Waals surface area contributed by atoms with Crippen molar-refractivity contribution < 1.29 is 9.53 Å². The molecular weight excluding hydrogens is 290 g/mol.